The second kappa shape index (κ2) is 7.41. The molecule has 0 aliphatic rings. The van der Waals surface area contributed by atoms with E-state index in [1.165, 1.54) is 0 Å². The number of rotatable bonds is 5. The molecular formula is C18H18O3. The third-order valence-electron chi connectivity index (χ3n) is 3.04. The molecular weight excluding hydrogens is 264 g/mol. The van der Waals surface area contributed by atoms with Crippen molar-refractivity contribution in [2.24, 2.45) is 0 Å². The van der Waals surface area contributed by atoms with Crippen LogP contribution < -0.4 is 0 Å². The van der Waals surface area contributed by atoms with Crippen molar-refractivity contribution in [1.82, 2.24) is 0 Å². The Morgan fingerprint density at radius 2 is 1.67 bits per heavy atom. The fourth-order valence-corrected chi connectivity index (χ4v) is 2.01. The quantitative estimate of drug-likeness (QED) is 0.675. The van der Waals surface area contributed by atoms with Crippen molar-refractivity contribution in [3.8, 4) is 0 Å². The zero-order valence-corrected chi connectivity index (χ0v) is 11.9. The highest BCUT2D eigenvalue weighted by atomic mass is 16.5. The molecule has 108 valence electrons. The first-order valence-electron chi connectivity index (χ1n) is 6.89. The first-order chi connectivity index (χ1) is 10.2. The molecule has 0 bridgehead atoms. The summed E-state index contributed by atoms with van der Waals surface area (Å²) < 4.78 is 5.05. The summed E-state index contributed by atoms with van der Waals surface area (Å²) >= 11 is 0. The Kier molecular flexibility index (Phi) is 5.29. The monoisotopic (exact) mass is 282 g/mol. The van der Waals surface area contributed by atoms with Gasteiger partial charge in [-0.25, -0.2) is 4.79 Å². The summed E-state index contributed by atoms with van der Waals surface area (Å²) in [6.45, 7) is 2.01. The molecule has 0 saturated heterocycles. The minimum Gasteiger partial charge on any atom is -0.463 e. The van der Waals surface area contributed by atoms with E-state index in [2.05, 4.69) is 0 Å². The molecule has 2 aromatic carbocycles. The van der Waals surface area contributed by atoms with E-state index >= 15 is 0 Å². The number of carbonyl (C=O) groups is 1. The standard InChI is InChI=1S/C18H18O3/c1-2-21-18(20)16(13-14-9-5-3-6-10-14)17(19)15-11-7-4-8-12-15/h3-13,17,19H,2H2,1H3/b16-13+. The molecule has 0 amide bonds. The topological polar surface area (TPSA) is 46.5 Å². The molecule has 3 nitrogen and oxygen atoms in total. The third kappa shape index (κ3) is 4.04. The summed E-state index contributed by atoms with van der Waals surface area (Å²) in [7, 11) is 0. The molecule has 1 atom stereocenters. The Morgan fingerprint density at radius 3 is 2.24 bits per heavy atom. The van der Waals surface area contributed by atoms with E-state index in [1.54, 1.807) is 25.1 Å². The van der Waals surface area contributed by atoms with E-state index in [-0.39, 0.29) is 12.2 Å². The van der Waals surface area contributed by atoms with E-state index in [0.717, 1.165) is 5.56 Å². The number of hydrogen-bond donors (Lipinski definition) is 1. The van der Waals surface area contributed by atoms with Gasteiger partial charge in [0, 0.05) is 0 Å². The minimum atomic E-state index is -1.01. The number of aliphatic hydroxyl groups is 1. The maximum Gasteiger partial charge on any atom is 0.337 e. The number of benzene rings is 2. The normalized spacial score (nSPS) is 12.8. The van der Waals surface area contributed by atoms with Crippen molar-refractivity contribution in [3.05, 3.63) is 77.4 Å². The lowest BCUT2D eigenvalue weighted by Crippen LogP contribution is -2.14. The summed E-state index contributed by atoms with van der Waals surface area (Å²) in [6, 6.07) is 18.5. The zero-order chi connectivity index (χ0) is 15.1. The molecule has 1 N–H and O–H groups in total. The van der Waals surface area contributed by atoms with Crippen LogP contribution in [-0.4, -0.2) is 17.7 Å². The van der Waals surface area contributed by atoms with Crippen LogP contribution in [0, 0.1) is 0 Å². The Labute approximate surface area is 124 Å². The van der Waals surface area contributed by atoms with Crippen LogP contribution in [0.3, 0.4) is 0 Å². The van der Waals surface area contributed by atoms with Gasteiger partial charge in [0.25, 0.3) is 0 Å². The predicted octanol–water partition coefficient (Wildman–Crippen LogP) is 3.37. The van der Waals surface area contributed by atoms with E-state index in [9.17, 15) is 9.90 Å². The number of esters is 1. The maximum atomic E-state index is 12.1. The lowest BCUT2D eigenvalue weighted by molar-refractivity contribution is -0.139. The molecule has 0 aromatic heterocycles. The highest BCUT2D eigenvalue weighted by Gasteiger charge is 2.21. The molecule has 0 radical (unpaired) electrons. The summed E-state index contributed by atoms with van der Waals surface area (Å²) in [4.78, 5) is 12.1. The van der Waals surface area contributed by atoms with Gasteiger partial charge in [-0.05, 0) is 24.1 Å². The first-order valence-corrected chi connectivity index (χ1v) is 6.89. The summed E-state index contributed by atoms with van der Waals surface area (Å²) in [5.74, 6) is -0.502. The molecule has 21 heavy (non-hydrogen) atoms. The average molecular weight is 282 g/mol. The van der Waals surface area contributed by atoms with Crippen molar-refractivity contribution in [2.75, 3.05) is 6.61 Å². The summed E-state index contributed by atoms with van der Waals surface area (Å²) in [5, 5.41) is 10.5. The zero-order valence-electron chi connectivity index (χ0n) is 11.9. The third-order valence-corrected chi connectivity index (χ3v) is 3.04. The van der Waals surface area contributed by atoms with Crippen LogP contribution in [0.2, 0.25) is 0 Å². The highest BCUT2D eigenvalue weighted by Crippen LogP contribution is 2.24. The van der Waals surface area contributed by atoms with Gasteiger partial charge < -0.3 is 9.84 Å². The van der Waals surface area contributed by atoms with Crippen LogP contribution in [-0.2, 0) is 9.53 Å². The average Bonchev–Trinajstić information content (AvgIpc) is 2.54. The van der Waals surface area contributed by atoms with E-state index in [0.29, 0.717) is 5.56 Å². The van der Waals surface area contributed by atoms with Crippen LogP contribution >= 0.6 is 0 Å². The largest absolute Gasteiger partial charge is 0.463 e. The number of aliphatic hydroxyl groups excluding tert-OH is 1. The van der Waals surface area contributed by atoms with E-state index < -0.39 is 12.1 Å². The highest BCUT2D eigenvalue weighted by molar-refractivity contribution is 5.95. The van der Waals surface area contributed by atoms with Crippen molar-refractivity contribution >= 4 is 12.0 Å². The first kappa shape index (κ1) is 15.0. The Bertz CT molecular complexity index is 603. The Hall–Kier alpha value is -2.39. The smallest absolute Gasteiger partial charge is 0.337 e. The van der Waals surface area contributed by atoms with Gasteiger partial charge in [0.2, 0.25) is 0 Å². The molecule has 0 saturated carbocycles. The van der Waals surface area contributed by atoms with Gasteiger partial charge in [-0.2, -0.15) is 0 Å². The Balaban J connectivity index is 2.37. The Morgan fingerprint density at radius 1 is 1.10 bits per heavy atom. The van der Waals surface area contributed by atoms with E-state index in [4.69, 9.17) is 4.74 Å². The molecule has 2 rings (SSSR count). The molecule has 1 unspecified atom stereocenters. The van der Waals surface area contributed by atoms with Gasteiger partial charge in [-0.1, -0.05) is 60.7 Å². The number of ether oxygens (including phenoxy) is 1. The summed E-state index contributed by atoms with van der Waals surface area (Å²) in [5.41, 5.74) is 1.73. The van der Waals surface area contributed by atoms with Crippen LogP contribution in [0.1, 0.15) is 24.2 Å². The molecule has 0 heterocycles. The second-order valence-electron chi connectivity index (χ2n) is 4.54. The van der Waals surface area contributed by atoms with Gasteiger partial charge in [0.05, 0.1) is 12.2 Å². The maximum absolute atomic E-state index is 12.1. The molecule has 0 fully saturated rings. The van der Waals surface area contributed by atoms with E-state index in [1.807, 2.05) is 48.5 Å². The van der Waals surface area contributed by atoms with Crippen LogP contribution in [0.25, 0.3) is 6.08 Å². The van der Waals surface area contributed by atoms with Crippen molar-refractivity contribution in [2.45, 2.75) is 13.0 Å². The van der Waals surface area contributed by atoms with Gasteiger partial charge >= 0.3 is 5.97 Å². The van der Waals surface area contributed by atoms with Gasteiger partial charge in [0.15, 0.2) is 0 Å². The molecule has 0 aliphatic carbocycles. The lowest BCUT2D eigenvalue weighted by Gasteiger charge is -2.14. The van der Waals surface area contributed by atoms with Crippen LogP contribution in [0.5, 0.6) is 0 Å². The molecule has 0 spiro atoms. The van der Waals surface area contributed by atoms with Crippen molar-refractivity contribution in [1.29, 1.82) is 0 Å². The lowest BCUT2D eigenvalue weighted by atomic mass is 9.99. The fraction of sp³-hybridized carbons (Fsp3) is 0.167. The fourth-order valence-electron chi connectivity index (χ4n) is 2.01. The van der Waals surface area contributed by atoms with Crippen LogP contribution in [0.15, 0.2) is 66.2 Å². The SMILES string of the molecule is CCOC(=O)/C(=C/c1ccccc1)C(O)c1ccccc1. The second-order valence-corrected chi connectivity index (χ2v) is 4.54. The van der Waals surface area contributed by atoms with Crippen molar-refractivity contribution < 1.29 is 14.6 Å². The summed E-state index contributed by atoms with van der Waals surface area (Å²) in [6.07, 6.45) is 0.654. The minimum absolute atomic E-state index is 0.231. The molecule has 0 aliphatic heterocycles. The van der Waals surface area contributed by atoms with Gasteiger partial charge in [-0.15, -0.1) is 0 Å². The van der Waals surface area contributed by atoms with Gasteiger partial charge in [-0.3, -0.25) is 0 Å². The molecule has 3 heteroatoms. The number of carbonyl (C=O) groups excluding carboxylic acids is 1. The van der Waals surface area contributed by atoms with Crippen LogP contribution in [0.4, 0.5) is 0 Å². The van der Waals surface area contributed by atoms with Crippen molar-refractivity contribution in [3.63, 3.8) is 0 Å². The molecule has 2 aromatic rings. The predicted molar refractivity (Wildman–Crippen MR) is 82.5 cm³/mol. The van der Waals surface area contributed by atoms with Gasteiger partial charge in [0.1, 0.15) is 6.10 Å². The number of hydrogen-bond acceptors (Lipinski definition) is 3.